The molecule has 17 heavy (non-hydrogen) atoms. The Balaban J connectivity index is 2.74. The van der Waals surface area contributed by atoms with E-state index in [9.17, 15) is 0 Å². The number of nitrogens with zero attached hydrogens (tertiary/aromatic N) is 3. The van der Waals surface area contributed by atoms with Crippen LogP contribution in [0.2, 0.25) is 5.02 Å². The number of nitriles is 2. The third kappa shape index (κ3) is 4.07. The van der Waals surface area contributed by atoms with Gasteiger partial charge in [0.2, 0.25) is 0 Å². The highest BCUT2D eigenvalue weighted by atomic mass is 35.5. The van der Waals surface area contributed by atoms with Crippen LogP contribution in [0.4, 0.5) is 0 Å². The Hall–Kier alpha value is -1.55. The van der Waals surface area contributed by atoms with Crippen LogP contribution in [0.3, 0.4) is 0 Å². The molecule has 0 amide bonds. The Labute approximate surface area is 107 Å². The molecular formula is C13H14ClN3. The van der Waals surface area contributed by atoms with Crippen molar-refractivity contribution < 1.29 is 0 Å². The van der Waals surface area contributed by atoms with Crippen molar-refractivity contribution in [2.24, 2.45) is 0 Å². The molecule has 0 radical (unpaired) electrons. The molecule has 1 aromatic rings. The molecule has 0 aliphatic rings. The third-order valence-corrected chi connectivity index (χ3v) is 2.92. The zero-order valence-electron chi connectivity index (χ0n) is 9.78. The van der Waals surface area contributed by atoms with Gasteiger partial charge in [-0.25, -0.2) is 0 Å². The van der Waals surface area contributed by atoms with E-state index in [1.54, 1.807) is 12.1 Å². The minimum absolute atomic E-state index is 0.516. The van der Waals surface area contributed by atoms with Gasteiger partial charge in [-0.2, -0.15) is 10.5 Å². The maximum atomic E-state index is 8.74. The number of hydrogen-bond acceptors (Lipinski definition) is 3. The summed E-state index contributed by atoms with van der Waals surface area (Å²) in [6, 6.07) is 9.50. The first kappa shape index (κ1) is 13.5. The highest BCUT2D eigenvalue weighted by molar-refractivity contribution is 6.31. The molecule has 0 aliphatic carbocycles. The molecule has 0 saturated heterocycles. The Morgan fingerprint density at radius 2 is 2.12 bits per heavy atom. The summed E-state index contributed by atoms with van der Waals surface area (Å²) in [5.41, 5.74) is 1.56. The molecule has 0 unspecified atom stereocenters. The number of halogens is 1. The van der Waals surface area contributed by atoms with Crippen molar-refractivity contribution in [2.75, 3.05) is 13.1 Å². The van der Waals surface area contributed by atoms with Crippen molar-refractivity contribution in [1.29, 1.82) is 10.5 Å². The first-order valence-corrected chi connectivity index (χ1v) is 5.87. The smallest absolute Gasteiger partial charge is 0.0992 e. The summed E-state index contributed by atoms with van der Waals surface area (Å²) in [4.78, 5) is 2.15. The molecule has 0 N–H and O–H groups in total. The van der Waals surface area contributed by atoms with E-state index in [1.165, 1.54) is 0 Å². The monoisotopic (exact) mass is 247 g/mol. The van der Waals surface area contributed by atoms with Gasteiger partial charge in [0, 0.05) is 24.5 Å². The minimum atomic E-state index is 0.516. The molecule has 0 atom stereocenters. The lowest BCUT2D eigenvalue weighted by Gasteiger charge is -2.19. The van der Waals surface area contributed by atoms with Crippen LogP contribution in [0.15, 0.2) is 18.2 Å². The van der Waals surface area contributed by atoms with Gasteiger partial charge in [-0.3, -0.25) is 4.90 Å². The first-order chi connectivity index (χ1) is 8.21. The van der Waals surface area contributed by atoms with Gasteiger partial charge in [0.05, 0.1) is 17.7 Å². The molecule has 0 aromatic heterocycles. The van der Waals surface area contributed by atoms with Crippen LogP contribution in [0.25, 0.3) is 0 Å². The largest absolute Gasteiger partial charge is 0.298 e. The van der Waals surface area contributed by atoms with E-state index in [2.05, 4.69) is 24.0 Å². The number of benzene rings is 1. The summed E-state index contributed by atoms with van der Waals surface area (Å²) in [6.45, 7) is 4.37. The van der Waals surface area contributed by atoms with Crippen LogP contribution in [-0.4, -0.2) is 18.0 Å². The lowest BCUT2D eigenvalue weighted by molar-refractivity contribution is 0.287. The number of hydrogen-bond donors (Lipinski definition) is 0. The SMILES string of the molecule is CCN(CCC#N)Cc1ccc(C#N)cc1Cl. The zero-order valence-corrected chi connectivity index (χ0v) is 10.5. The van der Waals surface area contributed by atoms with E-state index in [0.29, 0.717) is 23.6 Å². The Morgan fingerprint density at radius 3 is 2.65 bits per heavy atom. The van der Waals surface area contributed by atoms with Crippen LogP contribution in [0.5, 0.6) is 0 Å². The fourth-order valence-electron chi connectivity index (χ4n) is 1.54. The number of rotatable bonds is 5. The van der Waals surface area contributed by atoms with E-state index in [1.807, 2.05) is 6.07 Å². The highest BCUT2D eigenvalue weighted by Gasteiger charge is 2.07. The van der Waals surface area contributed by atoms with Crippen molar-refractivity contribution >= 4 is 11.6 Å². The molecule has 0 saturated carbocycles. The minimum Gasteiger partial charge on any atom is -0.298 e. The van der Waals surface area contributed by atoms with Crippen LogP contribution < -0.4 is 0 Å². The van der Waals surface area contributed by atoms with Gasteiger partial charge in [-0.05, 0) is 24.2 Å². The van der Waals surface area contributed by atoms with Gasteiger partial charge in [-0.15, -0.1) is 0 Å². The Bertz CT molecular complexity index is 457. The fraction of sp³-hybridized carbons (Fsp3) is 0.385. The van der Waals surface area contributed by atoms with Crippen molar-refractivity contribution in [3.63, 3.8) is 0 Å². The standard InChI is InChI=1S/C13H14ClN3/c1-2-17(7-3-6-15)10-12-5-4-11(9-16)8-13(12)14/h4-5,8H,2-3,7,10H2,1H3. The first-order valence-electron chi connectivity index (χ1n) is 5.49. The van der Waals surface area contributed by atoms with Crippen molar-refractivity contribution in [2.45, 2.75) is 19.9 Å². The van der Waals surface area contributed by atoms with Crippen molar-refractivity contribution in [1.82, 2.24) is 4.90 Å². The molecule has 0 fully saturated rings. The van der Waals surface area contributed by atoms with E-state index in [4.69, 9.17) is 22.1 Å². The molecule has 0 aliphatic heterocycles. The summed E-state index contributed by atoms with van der Waals surface area (Å²) < 4.78 is 0. The summed E-state index contributed by atoms with van der Waals surface area (Å²) in [5.74, 6) is 0. The second-order valence-corrected chi connectivity index (χ2v) is 4.10. The summed E-state index contributed by atoms with van der Waals surface area (Å²) in [6.07, 6.45) is 0.516. The summed E-state index contributed by atoms with van der Waals surface area (Å²) in [7, 11) is 0. The predicted octanol–water partition coefficient (Wildman–Crippen LogP) is 2.95. The van der Waals surface area contributed by atoms with Gasteiger partial charge < -0.3 is 0 Å². The topological polar surface area (TPSA) is 50.8 Å². The lowest BCUT2D eigenvalue weighted by Crippen LogP contribution is -2.23. The van der Waals surface area contributed by atoms with Crippen LogP contribution in [-0.2, 0) is 6.54 Å². The van der Waals surface area contributed by atoms with Crippen molar-refractivity contribution in [3.05, 3.63) is 34.3 Å². The highest BCUT2D eigenvalue weighted by Crippen LogP contribution is 2.19. The molecule has 1 rings (SSSR count). The van der Waals surface area contributed by atoms with E-state index >= 15 is 0 Å². The molecule has 0 spiro atoms. The van der Waals surface area contributed by atoms with Gasteiger partial charge in [0.1, 0.15) is 0 Å². The predicted molar refractivity (Wildman–Crippen MR) is 67.3 cm³/mol. The van der Waals surface area contributed by atoms with Crippen LogP contribution in [0.1, 0.15) is 24.5 Å². The third-order valence-electron chi connectivity index (χ3n) is 2.56. The molecule has 0 bridgehead atoms. The molecule has 3 nitrogen and oxygen atoms in total. The normalized spacial score (nSPS) is 9.94. The van der Waals surface area contributed by atoms with Gasteiger partial charge in [0.15, 0.2) is 0 Å². The van der Waals surface area contributed by atoms with E-state index < -0.39 is 0 Å². The molecular weight excluding hydrogens is 234 g/mol. The summed E-state index contributed by atoms with van der Waals surface area (Å²) >= 11 is 6.10. The zero-order chi connectivity index (χ0) is 12.7. The van der Waals surface area contributed by atoms with E-state index in [-0.39, 0.29) is 0 Å². The maximum absolute atomic E-state index is 8.74. The van der Waals surface area contributed by atoms with Crippen molar-refractivity contribution in [3.8, 4) is 12.1 Å². The fourth-order valence-corrected chi connectivity index (χ4v) is 1.78. The second-order valence-electron chi connectivity index (χ2n) is 3.69. The van der Waals surface area contributed by atoms with Gasteiger partial charge in [0.25, 0.3) is 0 Å². The summed E-state index contributed by atoms with van der Waals surface area (Å²) in [5, 5.41) is 17.9. The molecule has 1 aromatic carbocycles. The average molecular weight is 248 g/mol. The average Bonchev–Trinajstić information content (AvgIpc) is 2.36. The molecule has 0 heterocycles. The molecule has 4 heteroatoms. The quantitative estimate of drug-likeness (QED) is 0.804. The van der Waals surface area contributed by atoms with E-state index in [0.717, 1.165) is 18.7 Å². The lowest BCUT2D eigenvalue weighted by atomic mass is 10.1. The van der Waals surface area contributed by atoms with Gasteiger partial charge in [-0.1, -0.05) is 24.6 Å². The second kappa shape index (κ2) is 6.91. The Kier molecular flexibility index (Phi) is 5.49. The molecule has 88 valence electrons. The van der Waals surface area contributed by atoms with Crippen LogP contribution >= 0.6 is 11.6 Å². The van der Waals surface area contributed by atoms with Crippen LogP contribution in [0, 0.1) is 22.7 Å². The van der Waals surface area contributed by atoms with Gasteiger partial charge >= 0.3 is 0 Å². The Morgan fingerprint density at radius 1 is 1.35 bits per heavy atom. The maximum Gasteiger partial charge on any atom is 0.0992 e.